The van der Waals surface area contributed by atoms with Crippen LogP contribution in [0.5, 0.6) is 23.0 Å². The first-order valence-electron chi connectivity index (χ1n) is 12.7. The zero-order valence-corrected chi connectivity index (χ0v) is 23.7. The number of hydrazone groups is 1. The fourth-order valence-corrected chi connectivity index (χ4v) is 4.71. The molecule has 1 amide bonds. The summed E-state index contributed by atoms with van der Waals surface area (Å²) in [6.07, 6.45) is 1.40. The van der Waals surface area contributed by atoms with Crippen LogP contribution < -0.4 is 24.4 Å². The number of carbonyl (C=O) groups is 2. The molecule has 10 heteroatoms. The van der Waals surface area contributed by atoms with Crippen molar-refractivity contribution >= 4 is 40.6 Å². The molecule has 5 rings (SSSR count). The molecule has 9 nitrogen and oxygen atoms in total. The number of para-hydroxylation sites is 1. The Labute approximate surface area is 246 Å². The monoisotopic (exact) mass is 583 g/mol. The number of hydrogen-bond acceptors (Lipinski definition) is 7. The Bertz CT molecular complexity index is 1800. The predicted octanol–water partition coefficient (Wildman–Crippen LogP) is 6.50. The summed E-state index contributed by atoms with van der Waals surface area (Å²) < 4.78 is 21.9. The number of H-pyrrole nitrogens is 1. The molecule has 42 heavy (non-hydrogen) atoms. The molecule has 0 saturated heterocycles. The Morgan fingerprint density at radius 2 is 1.50 bits per heavy atom. The number of nitrogens with zero attached hydrogens (tertiary/aromatic N) is 1. The second kappa shape index (κ2) is 12.5. The smallest absolute Gasteiger partial charge is 0.343 e. The number of methoxy groups -OCH3 is 3. The zero-order chi connectivity index (χ0) is 29.6. The second-order valence-corrected chi connectivity index (χ2v) is 9.34. The Balaban J connectivity index is 1.45. The van der Waals surface area contributed by atoms with Gasteiger partial charge in [0.1, 0.15) is 28.7 Å². The van der Waals surface area contributed by atoms with E-state index < -0.39 is 11.9 Å². The number of halogens is 1. The van der Waals surface area contributed by atoms with Crippen molar-refractivity contribution in [3.8, 4) is 34.1 Å². The van der Waals surface area contributed by atoms with Crippen molar-refractivity contribution in [2.45, 2.75) is 0 Å². The van der Waals surface area contributed by atoms with Crippen LogP contribution in [0, 0.1) is 0 Å². The number of amides is 1. The van der Waals surface area contributed by atoms with Crippen molar-refractivity contribution < 1.29 is 28.5 Å². The van der Waals surface area contributed by atoms with Crippen molar-refractivity contribution in [3.63, 3.8) is 0 Å². The van der Waals surface area contributed by atoms with E-state index in [1.54, 1.807) is 94.1 Å². The van der Waals surface area contributed by atoms with Crippen molar-refractivity contribution in [2.24, 2.45) is 5.10 Å². The van der Waals surface area contributed by atoms with E-state index >= 15 is 0 Å². The molecule has 0 bridgehead atoms. The predicted molar refractivity (Wildman–Crippen MR) is 161 cm³/mol. The molecule has 0 atom stereocenters. The summed E-state index contributed by atoms with van der Waals surface area (Å²) in [5.41, 5.74) is 5.32. The van der Waals surface area contributed by atoms with E-state index in [1.807, 2.05) is 12.1 Å². The van der Waals surface area contributed by atoms with Gasteiger partial charge >= 0.3 is 5.97 Å². The summed E-state index contributed by atoms with van der Waals surface area (Å²) in [6, 6.07) is 24.1. The van der Waals surface area contributed by atoms with E-state index in [0.717, 1.165) is 0 Å². The van der Waals surface area contributed by atoms with Crippen LogP contribution in [-0.4, -0.2) is 44.4 Å². The van der Waals surface area contributed by atoms with Crippen molar-refractivity contribution in [2.75, 3.05) is 21.3 Å². The first-order chi connectivity index (χ1) is 20.4. The fourth-order valence-electron chi connectivity index (χ4n) is 4.48. The molecule has 1 aromatic heterocycles. The van der Waals surface area contributed by atoms with E-state index in [-0.39, 0.29) is 11.4 Å². The van der Waals surface area contributed by atoms with Gasteiger partial charge in [-0.15, -0.1) is 0 Å². The molecular formula is C32H26ClN3O6. The number of aromatic amines is 1. The normalized spacial score (nSPS) is 11.0. The summed E-state index contributed by atoms with van der Waals surface area (Å²) in [7, 11) is 4.64. The zero-order valence-electron chi connectivity index (χ0n) is 22.9. The van der Waals surface area contributed by atoms with Gasteiger partial charge in [0.05, 0.1) is 44.0 Å². The first kappa shape index (κ1) is 28.3. The standard InChI is InChI=1S/C32H26ClN3O6/c1-39-21-14-12-19(13-15-21)32(38)42-24-11-7-4-8-20(24)18-34-36-31(37)30-27(22-9-5-6-10-23(22)33)28-25(40-2)16-17-26(41-3)29(28)35-30/h4-18,35H,1-3H3,(H,36,37). The summed E-state index contributed by atoms with van der Waals surface area (Å²) in [4.78, 5) is 29.4. The third kappa shape index (κ3) is 5.63. The minimum absolute atomic E-state index is 0.206. The number of aromatic nitrogens is 1. The van der Waals surface area contributed by atoms with Crippen LogP contribution in [0.3, 0.4) is 0 Å². The summed E-state index contributed by atoms with van der Waals surface area (Å²) in [6.45, 7) is 0. The Morgan fingerprint density at radius 1 is 0.810 bits per heavy atom. The van der Waals surface area contributed by atoms with E-state index in [2.05, 4.69) is 15.5 Å². The van der Waals surface area contributed by atoms with Gasteiger partial charge in [-0.3, -0.25) is 4.79 Å². The third-order valence-corrected chi connectivity index (χ3v) is 6.84. The number of esters is 1. The van der Waals surface area contributed by atoms with Gasteiger partial charge in [0, 0.05) is 21.7 Å². The highest BCUT2D eigenvalue weighted by Crippen LogP contribution is 2.44. The lowest BCUT2D eigenvalue weighted by Gasteiger charge is -2.10. The maximum absolute atomic E-state index is 13.5. The molecule has 0 fully saturated rings. The fraction of sp³-hybridized carbons (Fsp3) is 0.0938. The van der Waals surface area contributed by atoms with Crippen LogP contribution in [-0.2, 0) is 0 Å². The molecule has 0 radical (unpaired) electrons. The Hall–Kier alpha value is -5.28. The van der Waals surface area contributed by atoms with E-state index in [0.29, 0.717) is 55.4 Å². The lowest BCUT2D eigenvalue weighted by atomic mass is 10.0. The van der Waals surface area contributed by atoms with Gasteiger partial charge in [-0.1, -0.05) is 41.9 Å². The number of hydrogen-bond donors (Lipinski definition) is 2. The van der Waals surface area contributed by atoms with Gasteiger partial charge in [0.15, 0.2) is 0 Å². The van der Waals surface area contributed by atoms with E-state index in [9.17, 15) is 9.59 Å². The summed E-state index contributed by atoms with van der Waals surface area (Å²) >= 11 is 6.57. The SMILES string of the molecule is COc1ccc(C(=O)Oc2ccccc2C=NNC(=O)c2[nH]c3c(OC)ccc(OC)c3c2-c2ccccc2Cl)cc1. The topological polar surface area (TPSA) is 111 Å². The van der Waals surface area contributed by atoms with Crippen LogP contribution in [0.4, 0.5) is 0 Å². The van der Waals surface area contributed by atoms with Gasteiger partial charge in [0.2, 0.25) is 0 Å². The molecule has 0 aliphatic rings. The minimum atomic E-state index is -0.548. The molecule has 0 saturated carbocycles. The van der Waals surface area contributed by atoms with Crippen molar-refractivity contribution in [1.82, 2.24) is 10.4 Å². The highest BCUT2D eigenvalue weighted by atomic mass is 35.5. The van der Waals surface area contributed by atoms with Gasteiger partial charge in [-0.2, -0.15) is 5.10 Å². The lowest BCUT2D eigenvalue weighted by Crippen LogP contribution is -2.19. The average molecular weight is 584 g/mol. The molecule has 0 aliphatic heterocycles. The molecule has 4 aromatic carbocycles. The van der Waals surface area contributed by atoms with Gasteiger partial charge in [-0.05, 0) is 54.6 Å². The first-order valence-corrected chi connectivity index (χ1v) is 13.1. The number of benzene rings is 4. The Morgan fingerprint density at radius 3 is 2.21 bits per heavy atom. The second-order valence-electron chi connectivity index (χ2n) is 8.93. The quantitative estimate of drug-likeness (QED) is 0.0887. The average Bonchev–Trinajstić information content (AvgIpc) is 3.42. The molecule has 0 spiro atoms. The summed E-state index contributed by atoms with van der Waals surface area (Å²) in [5, 5.41) is 5.23. The highest BCUT2D eigenvalue weighted by Gasteiger charge is 2.25. The molecule has 0 aliphatic carbocycles. The number of fused-ring (bicyclic) bond motifs is 1. The molecule has 5 aromatic rings. The van der Waals surface area contributed by atoms with Gasteiger partial charge in [0.25, 0.3) is 5.91 Å². The van der Waals surface area contributed by atoms with Crippen molar-refractivity contribution in [1.29, 1.82) is 0 Å². The molecule has 1 heterocycles. The maximum atomic E-state index is 13.5. The number of rotatable bonds is 9. The molecule has 0 unspecified atom stereocenters. The van der Waals surface area contributed by atoms with E-state index in [4.69, 9.17) is 30.5 Å². The largest absolute Gasteiger partial charge is 0.497 e. The minimum Gasteiger partial charge on any atom is -0.497 e. The number of carbonyl (C=O) groups excluding carboxylic acids is 2. The highest BCUT2D eigenvalue weighted by molar-refractivity contribution is 6.34. The van der Waals surface area contributed by atoms with Crippen LogP contribution >= 0.6 is 11.6 Å². The lowest BCUT2D eigenvalue weighted by molar-refractivity contribution is 0.0734. The Kier molecular flexibility index (Phi) is 8.40. The number of nitrogens with one attached hydrogen (secondary N) is 2. The molecule has 2 N–H and O–H groups in total. The van der Waals surface area contributed by atoms with Crippen molar-refractivity contribution in [3.05, 3.63) is 107 Å². The van der Waals surface area contributed by atoms with Gasteiger partial charge < -0.3 is 23.9 Å². The number of ether oxygens (including phenoxy) is 4. The van der Waals surface area contributed by atoms with E-state index in [1.165, 1.54) is 6.21 Å². The van der Waals surface area contributed by atoms with Gasteiger partial charge in [-0.25, -0.2) is 10.2 Å². The maximum Gasteiger partial charge on any atom is 0.343 e. The van der Waals surface area contributed by atoms with Crippen LogP contribution in [0.15, 0.2) is 90.0 Å². The van der Waals surface area contributed by atoms with Crippen LogP contribution in [0.25, 0.3) is 22.0 Å². The summed E-state index contributed by atoms with van der Waals surface area (Å²) in [5.74, 6) is 0.871. The molecule has 212 valence electrons. The van der Waals surface area contributed by atoms with Crippen LogP contribution in [0.2, 0.25) is 5.02 Å². The third-order valence-electron chi connectivity index (χ3n) is 6.51. The van der Waals surface area contributed by atoms with Crippen LogP contribution in [0.1, 0.15) is 26.4 Å². The molecular weight excluding hydrogens is 558 g/mol.